The van der Waals surface area contributed by atoms with Gasteiger partial charge in [-0.15, -0.1) is 0 Å². The zero-order valence-corrected chi connectivity index (χ0v) is 20.9. The van der Waals surface area contributed by atoms with E-state index in [1.165, 1.54) is 48.6 Å². The number of benzene rings is 2. The van der Waals surface area contributed by atoms with Crippen molar-refractivity contribution < 1.29 is 70.0 Å². The van der Waals surface area contributed by atoms with Crippen LogP contribution in [0.15, 0.2) is 36.4 Å². The maximum atomic E-state index is 10.5. The Bertz CT molecular complexity index is 1170. The standard InChI is InChI=1S/C26H32O14/c27-9-17-19(31)21(33)23(35)25(39-17)37-14-4-3-12(16(30)8-14)2-1-11-5-13(29)7-15(6-11)38-26-24(36)22(34)20(32)18(10-28)40-26/h1-8,17-36H,9-10H2/b2-1+/t17-,18?,19?,20-,21?,22?,23-,24?,25?,26-/m1/s1. The fourth-order valence-electron chi connectivity index (χ4n) is 4.29. The number of aliphatic hydroxyl groups is 8. The van der Waals surface area contributed by atoms with Gasteiger partial charge in [-0.2, -0.15) is 0 Å². The first-order valence-corrected chi connectivity index (χ1v) is 12.3. The second-order valence-corrected chi connectivity index (χ2v) is 9.44. The molecule has 6 unspecified atom stereocenters. The van der Waals surface area contributed by atoms with Gasteiger partial charge in [-0.25, -0.2) is 0 Å². The minimum Gasteiger partial charge on any atom is -0.508 e. The summed E-state index contributed by atoms with van der Waals surface area (Å²) in [6.07, 6.45) is -11.8. The summed E-state index contributed by atoms with van der Waals surface area (Å²) in [6.45, 7) is -1.25. The van der Waals surface area contributed by atoms with E-state index in [0.717, 1.165) is 0 Å². The van der Waals surface area contributed by atoms with Crippen LogP contribution in [0.3, 0.4) is 0 Å². The summed E-state index contributed by atoms with van der Waals surface area (Å²) < 4.78 is 21.6. The summed E-state index contributed by atoms with van der Waals surface area (Å²) in [5.74, 6) is -0.353. The van der Waals surface area contributed by atoms with Crippen molar-refractivity contribution in [3.8, 4) is 23.0 Å². The smallest absolute Gasteiger partial charge is 0.229 e. The molecule has 0 spiro atoms. The zero-order valence-electron chi connectivity index (χ0n) is 20.9. The second-order valence-electron chi connectivity index (χ2n) is 9.44. The van der Waals surface area contributed by atoms with E-state index >= 15 is 0 Å². The van der Waals surface area contributed by atoms with Gasteiger partial charge < -0.3 is 70.0 Å². The van der Waals surface area contributed by atoms with Gasteiger partial charge in [0.05, 0.1) is 13.2 Å². The van der Waals surface area contributed by atoms with Crippen LogP contribution in [-0.4, -0.2) is 126 Å². The molecule has 2 saturated heterocycles. The molecule has 14 heteroatoms. The zero-order chi connectivity index (χ0) is 29.1. The van der Waals surface area contributed by atoms with Gasteiger partial charge in [0, 0.05) is 17.7 Å². The van der Waals surface area contributed by atoms with Gasteiger partial charge >= 0.3 is 0 Å². The average molecular weight is 569 g/mol. The van der Waals surface area contributed by atoms with E-state index in [1.807, 2.05) is 0 Å². The largest absolute Gasteiger partial charge is 0.508 e. The molecule has 2 aliphatic heterocycles. The van der Waals surface area contributed by atoms with E-state index in [9.17, 15) is 51.1 Å². The molecule has 10 N–H and O–H groups in total. The molecule has 2 aliphatic rings. The number of aliphatic hydroxyl groups excluding tert-OH is 8. The summed E-state index contributed by atoms with van der Waals surface area (Å²) in [6, 6.07) is 8.20. The van der Waals surface area contributed by atoms with Crippen molar-refractivity contribution in [1.82, 2.24) is 0 Å². The van der Waals surface area contributed by atoms with Crippen molar-refractivity contribution in [2.24, 2.45) is 0 Å². The van der Waals surface area contributed by atoms with Crippen LogP contribution in [0.25, 0.3) is 12.2 Å². The molecule has 0 aromatic heterocycles. The van der Waals surface area contributed by atoms with Crippen molar-refractivity contribution in [2.45, 2.75) is 61.4 Å². The highest BCUT2D eigenvalue weighted by atomic mass is 16.7. The lowest BCUT2D eigenvalue weighted by Gasteiger charge is -2.39. The lowest BCUT2D eigenvalue weighted by atomic mass is 9.99. The maximum absolute atomic E-state index is 10.5. The highest BCUT2D eigenvalue weighted by Gasteiger charge is 2.45. The van der Waals surface area contributed by atoms with Crippen LogP contribution in [0.1, 0.15) is 11.1 Å². The molecule has 0 radical (unpaired) electrons. The third-order valence-electron chi connectivity index (χ3n) is 6.57. The third kappa shape index (κ3) is 6.47. The molecular weight excluding hydrogens is 536 g/mol. The van der Waals surface area contributed by atoms with Crippen LogP contribution in [0.2, 0.25) is 0 Å². The Balaban J connectivity index is 1.45. The van der Waals surface area contributed by atoms with Crippen molar-refractivity contribution in [3.63, 3.8) is 0 Å². The minimum absolute atomic E-state index is 0.0384. The highest BCUT2D eigenvalue weighted by Crippen LogP contribution is 2.31. The van der Waals surface area contributed by atoms with E-state index in [-0.39, 0.29) is 23.0 Å². The summed E-state index contributed by atoms with van der Waals surface area (Å²) in [7, 11) is 0. The second kappa shape index (κ2) is 12.7. The Kier molecular flexibility index (Phi) is 9.48. The van der Waals surface area contributed by atoms with Crippen molar-refractivity contribution in [3.05, 3.63) is 47.5 Å². The van der Waals surface area contributed by atoms with Crippen molar-refractivity contribution in [2.75, 3.05) is 13.2 Å². The molecule has 4 rings (SSSR count). The van der Waals surface area contributed by atoms with Crippen molar-refractivity contribution >= 4 is 12.2 Å². The topological polar surface area (TPSA) is 239 Å². The lowest BCUT2D eigenvalue weighted by molar-refractivity contribution is -0.277. The Hall–Kier alpha value is -3.02. The summed E-state index contributed by atoms with van der Waals surface area (Å²) in [5.41, 5.74) is 0.724. The molecule has 2 heterocycles. The molecule has 2 aromatic rings. The molecule has 2 aromatic carbocycles. The van der Waals surface area contributed by atoms with Gasteiger partial charge in [-0.3, -0.25) is 0 Å². The molecule has 40 heavy (non-hydrogen) atoms. The number of rotatable bonds is 8. The third-order valence-corrected chi connectivity index (χ3v) is 6.57. The quantitative estimate of drug-likeness (QED) is 0.150. The first-order chi connectivity index (χ1) is 19.0. The van der Waals surface area contributed by atoms with E-state index in [1.54, 1.807) is 0 Å². The number of phenolic OH excluding ortho intramolecular Hbond substituents is 2. The summed E-state index contributed by atoms with van der Waals surface area (Å²) >= 11 is 0. The fraction of sp³-hybridized carbons (Fsp3) is 0.462. The molecule has 2 fully saturated rings. The predicted molar refractivity (Wildman–Crippen MR) is 134 cm³/mol. The Morgan fingerprint density at radius 1 is 0.625 bits per heavy atom. The number of aromatic hydroxyl groups is 2. The first-order valence-electron chi connectivity index (χ1n) is 12.3. The van der Waals surface area contributed by atoms with Crippen LogP contribution in [0, 0.1) is 0 Å². The van der Waals surface area contributed by atoms with Crippen LogP contribution >= 0.6 is 0 Å². The molecular formula is C26H32O14. The molecule has 0 amide bonds. The van der Waals surface area contributed by atoms with Crippen LogP contribution < -0.4 is 9.47 Å². The van der Waals surface area contributed by atoms with Crippen LogP contribution in [-0.2, 0) is 9.47 Å². The number of phenols is 2. The molecule has 220 valence electrons. The summed E-state index contributed by atoms with van der Waals surface area (Å²) in [4.78, 5) is 0. The fourth-order valence-corrected chi connectivity index (χ4v) is 4.29. The van der Waals surface area contributed by atoms with E-state index in [4.69, 9.17) is 18.9 Å². The number of hydrogen-bond donors (Lipinski definition) is 10. The average Bonchev–Trinajstić information content (AvgIpc) is 2.93. The Morgan fingerprint density at radius 3 is 1.70 bits per heavy atom. The van der Waals surface area contributed by atoms with Crippen LogP contribution in [0.5, 0.6) is 23.0 Å². The molecule has 0 saturated carbocycles. The first kappa shape index (κ1) is 30.0. The molecule has 14 nitrogen and oxygen atoms in total. The monoisotopic (exact) mass is 568 g/mol. The lowest BCUT2D eigenvalue weighted by Crippen LogP contribution is -2.60. The van der Waals surface area contributed by atoms with Gasteiger partial charge in [-0.05, 0) is 29.8 Å². The van der Waals surface area contributed by atoms with E-state index in [2.05, 4.69) is 0 Å². The SMILES string of the molecule is OCC1O[C@@H](Oc2cc(O)cc(/C=C/c3ccc(OC4O[C@H](CO)C(O)C(O)[C@H]4O)cc3O)c2)C(O)C(O)[C@@H]1O. The van der Waals surface area contributed by atoms with E-state index < -0.39 is 74.6 Å². The minimum atomic E-state index is -1.64. The van der Waals surface area contributed by atoms with Crippen molar-refractivity contribution in [1.29, 1.82) is 0 Å². The van der Waals surface area contributed by atoms with Gasteiger partial charge in [0.2, 0.25) is 12.6 Å². The molecule has 0 bridgehead atoms. The summed E-state index contributed by atoms with van der Waals surface area (Å²) in [5, 5.41) is 99.2. The Morgan fingerprint density at radius 2 is 1.18 bits per heavy atom. The van der Waals surface area contributed by atoms with Crippen LogP contribution in [0.4, 0.5) is 0 Å². The van der Waals surface area contributed by atoms with Gasteiger partial charge in [-0.1, -0.05) is 12.2 Å². The number of ether oxygens (including phenoxy) is 4. The molecule has 0 aliphatic carbocycles. The maximum Gasteiger partial charge on any atom is 0.229 e. The normalized spacial score (nSPS) is 34.6. The molecule has 10 atom stereocenters. The Labute approximate surface area is 227 Å². The van der Waals surface area contributed by atoms with Gasteiger partial charge in [0.15, 0.2) is 0 Å². The highest BCUT2D eigenvalue weighted by molar-refractivity contribution is 5.74. The number of hydrogen-bond acceptors (Lipinski definition) is 14. The van der Waals surface area contributed by atoms with Gasteiger partial charge in [0.1, 0.15) is 71.8 Å². The predicted octanol–water partition coefficient (Wildman–Crippen LogP) is -2.37. The van der Waals surface area contributed by atoms with Gasteiger partial charge in [0.25, 0.3) is 0 Å². The van der Waals surface area contributed by atoms with E-state index in [0.29, 0.717) is 11.1 Å².